The maximum atomic E-state index is 5.65. The van der Waals surface area contributed by atoms with Crippen molar-refractivity contribution in [1.29, 1.82) is 0 Å². The Balaban J connectivity index is 0.000000405. The van der Waals surface area contributed by atoms with E-state index < -0.39 is 0 Å². The molecule has 2 aliphatic rings. The van der Waals surface area contributed by atoms with Crippen LogP contribution in [0.15, 0.2) is 0 Å². The van der Waals surface area contributed by atoms with Crippen LogP contribution in [0.3, 0.4) is 0 Å². The van der Waals surface area contributed by atoms with Crippen molar-refractivity contribution in [3.8, 4) is 0 Å². The van der Waals surface area contributed by atoms with Crippen LogP contribution < -0.4 is 0 Å². The van der Waals surface area contributed by atoms with Gasteiger partial charge in [0, 0.05) is 0 Å². The summed E-state index contributed by atoms with van der Waals surface area (Å²) in [5, 5.41) is 0. The second kappa shape index (κ2) is 8.34. The van der Waals surface area contributed by atoms with Gasteiger partial charge in [-0.2, -0.15) is 0 Å². The van der Waals surface area contributed by atoms with Gasteiger partial charge in [-0.25, -0.2) is 0 Å². The zero-order valence-corrected chi connectivity index (χ0v) is 21.6. The largest absolute Gasteiger partial charge is 0.368 e. The molecule has 0 aliphatic carbocycles. The standard InChI is InChI=1S/2C10H20O.C5H12/c2*1-9(2,3)7-8(11-7)10(4,5)6;1-5(2,3)4/h2*7-8H,1-6H3;1-4H3. The summed E-state index contributed by atoms with van der Waals surface area (Å²) in [5.74, 6) is 0. The van der Waals surface area contributed by atoms with E-state index in [4.69, 9.17) is 9.47 Å². The molecule has 2 heteroatoms. The van der Waals surface area contributed by atoms with Crippen molar-refractivity contribution < 1.29 is 9.47 Å². The molecule has 0 spiro atoms. The molecule has 0 radical (unpaired) electrons. The first-order chi connectivity index (χ1) is 11.5. The van der Waals surface area contributed by atoms with Crippen molar-refractivity contribution in [3.05, 3.63) is 0 Å². The van der Waals surface area contributed by atoms with E-state index >= 15 is 0 Å². The maximum Gasteiger partial charge on any atom is 0.0895 e. The fourth-order valence-electron chi connectivity index (χ4n) is 2.86. The van der Waals surface area contributed by atoms with Crippen molar-refractivity contribution in [2.24, 2.45) is 27.1 Å². The molecular formula is C25H52O2. The van der Waals surface area contributed by atoms with E-state index in [9.17, 15) is 0 Å². The second-order valence-corrected chi connectivity index (χ2v) is 14.4. The molecular weight excluding hydrogens is 332 g/mol. The number of ether oxygens (including phenoxy) is 2. The molecule has 27 heavy (non-hydrogen) atoms. The quantitative estimate of drug-likeness (QED) is 0.399. The van der Waals surface area contributed by atoms with Gasteiger partial charge in [0.25, 0.3) is 0 Å². The van der Waals surface area contributed by atoms with Crippen LogP contribution in [0.5, 0.6) is 0 Å². The van der Waals surface area contributed by atoms with Crippen LogP contribution in [-0.4, -0.2) is 24.4 Å². The molecule has 2 rings (SSSR count). The number of hydrogen-bond acceptors (Lipinski definition) is 2. The molecule has 0 aromatic heterocycles. The fraction of sp³-hybridized carbons (Fsp3) is 1.00. The summed E-state index contributed by atoms with van der Waals surface area (Å²) >= 11 is 0. The minimum Gasteiger partial charge on any atom is -0.368 e. The Morgan fingerprint density at radius 2 is 0.444 bits per heavy atom. The van der Waals surface area contributed by atoms with Gasteiger partial charge in [-0.1, -0.05) is 111 Å². The normalized spacial score (nSPS) is 28.4. The first-order valence-corrected chi connectivity index (χ1v) is 10.8. The van der Waals surface area contributed by atoms with Gasteiger partial charge in [-0.15, -0.1) is 0 Å². The van der Waals surface area contributed by atoms with E-state index in [1.165, 1.54) is 0 Å². The minimum atomic E-state index is 0.317. The lowest BCUT2D eigenvalue weighted by Crippen LogP contribution is -2.23. The molecule has 2 saturated heterocycles. The lowest BCUT2D eigenvalue weighted by atomic mass is 9.81. The molecule has 0 N–H and O–H groups in total. The highest BCUT2D eigenvalue weighted by atomic mass is 16.6. The van der Waals surface area contributed by atoms with Crippen molar-refractivity contribution >= 4 is 0 Å². The van der Waals surface area contributed by atoms with Gasteiger partial charge < -0.3 is 9.47 Å². The Morgan fingerprint density at radius 1 is 0.333 bits per heavy atom. The lowest BCUT2D eigenvalue weighted by molar-refractivity contribution is 0.236. The average molecular weight is 385 g/mol. The van der Waals surface area contributed by atoms with Crippen molar-refractivity contribution in [3.63, 3.8) is 0 Å². The monoisotopic (exact) mass is 384 g/mol. The summed E-state index contributed by atoms with van der Waals surface area (Å²) in [4.78, 5) is 0. The summed E-state index contributed by atoms with van der Waals surface area (Å²) in [6.07, 6.45) is 1.90. The average Bonchev–Trinajstić information content (AvgIpc) is 3.16. The van der Waals surface area contributed by atoms with E-state index in [0.717, 1.165) is 0 Å². The summed E-state index contributed by atoms with van der Waals surface area (Å²) in [7, 11) is 0. The topological polar surface area (TPSA) is 25.1 Å². The molecule has 0 aromatic rings. The third-order valence-corrected chi connectivity index (χ3v) is 4.40. The summed E-state index contributed by atoms with van der Waals surface area (Å²) in [6.45, 7) is 35.6. The van der Waals surface area contributed by atoms with Gasteiger partial charge >= 0.3 is 0 Å². The predicted octanol–water partition coefficient (Wildman–Crippen LogP) is 7.74. The van der Waals surface area contributed by atoms with Gasteiger partial charge in [0.15, 0.2) is 0 Å². The van der Waals surface area contributed by atoms with Gasteiger partial charge in [0.05, 0.1) is 24.4 Å². The molecule has 2 nitrogen and oxygen atoms in total. The van der Waals surface area contributed by atoms with E-state index in [2.05, 4.69) is 111 Å². The molecule has 4 atom stereocenters. The van der Waals surface area contributed by atoms with Crippen molar-refractivity contribution in [2.45, 2.75) is 135 Å². The van der Waals surface area contributed by atoms with Crippen LogP contribution in [0.25, 0.3) is 0 Å². The van der Waals surface area contributed by atoms with E-state index in [-0.39, 0.29) is 0 Å². The smallest absolute Gasteiger partial charge is 0.0895 e. The summed E-state index contributed by atoms with van der Waals surface area (Å²) in [6, 6.07) is 0. The number of rotatable bonds is 0. The van der Waals surface area contributed by atoms with Gasteiger partial charge in [0.1, 0.15) is 0 Å². The van der Waals surface area contributed by atoms with E-state index in [0.29, 0.717) is 51.5 Å². The molecule has 0 saturated carbocycles. The van der Waals surface area contributed by atoms with Crippen LogP contribution in [0.2, 0.25) is 0 Å². The molecule has 164 valence electrons. The lowest BCUT2D eigenvalue weighted by Gasteiger charge is -2.19. The second-order valence-electron chi connectivity index (χ2n) is 14.4. The number of hydrogen-bond donors (Lipinski definition) is 0. The third kappa shape index (κ3) is 11.5. The van der Waals surface area contributed by atoms with Gasteiger partial charge in [-0.3, -0.25) is 0 Å². The van der Waals surface area contributed by atoms with Crippen LogP contribution in [0.4, 0.5) is 0 Å². The Hall–Kier alpha value is -0.0800. The molecule has 2 heterocycles. The van der Waals surface area contributed by atoms with Gasteiger partial charge in [0.2, 0.25) is 0 Å². The highest BCUT2D eigenvalue weighted by Gasteiger charge is 2.53. The van der Waals surface area contributed by atoms with Crippen molar-refractivity contribution in [2.75, 3.05) is 0 Å². The van der Waals surface area contributed by atoms with Crippen LogP contribution in [0, 0.1) is 27.1 Å². The summed E-state index contributed by atoms with van der Waals surface area (Å²) in [5.41, 5.74) is 1.77. The Labute approximate surface area is 172 Å². The molecule has 0 aromatic carbocycles. The van der Waals surface area contributed by atoms with Crippen molar-refractivity contribution in [1.82, 2.24) is 0 Å². The van der Waals surface area contributed by atoms with Gasteiger partial charge in [-0.05, 0) is 27.1 Å². The zero-order valence-electron chi connectivity index (χ0n) is 21.6. The Morgan fingerprint density at radius 3 is 0.481 bits per heavy atom. The highest BCUT2D eigenvalue weighted by Crippen LogP contribution is 2.47. The first kappa shape index (κ1) is 26.9. The van der Waals surface area contributed by atoms with E-state index in [1.807, 2.05) is 0 Å². The first-order valence-electron chi connectivity index (χ1n) is 10.8. The van der Waals surface area contributed by atoms with E-state index in [1.54, 1.807) is 0 Å². The number of epoxide rings is 2. The van der Waals surface area contributed by atoms with Crippen LogP contribution in [-0.2, 0) is 9.47 Å². The highest BCUT2D eigenvalue weighted by molar-refractivity contribution is 5.00. The third-order valence-electron chi connectivity index (χ3n) is 4.40. The molecule has 2 fully saturated rings. The molecule has 2 aliphatic heterocycles. The van der Waals surface area contributed by atoms with Crippen LogP contribution in [0.1, 0.15) is 111 Å². The fourth-order valence-corrected chi connectivity index (χ4v) is 2.86. The van der Waals surface area contributed by atoms with Crippen LogP contribution >= 0.6 is 0 Å². The SMILES string of the molecule is CC(C)(C)C.CC(C)(C)C1OC1C(C)(C)C.CC(C)(C)C1OC1C(C)(C)C. The molecule has 0 amide bonds. The Bertz CT molecular complexity index is 363. The zero-order chi connectivity index (χ0) is 22.2. The predicted molar refractivity (Wildman–Crippen MR) is 120 cm³/mol. The maximum absolute atomic E-state index is 5.65. The Kier molecular flexibility index (Phi) is 8.32. The molecule has 4 unspecified atom stereocenters. The molecule has 0 bridgehead atoms. The summed E-state index contributed by atoms with van der Waals surface area (Å²) < 4.78 is 11.3. The minimum absolute atomic E-state index is 0.317.